The lowest BCUT2D eigenvalue weighted by Gasteiger charge is -2.29. The van der Waals surface area contributed by atoms with Gasteiger partial charge >= 0.3 is 6.09 Å². The number of nitrogens with one attached hydrogen (secondary N) is 2. The molecule has 1 fully saturated rings. The van der Waals surface area contributed by atoms with Crippen molar-refractivity contribution >= 4 is 6.09 Å². The predicted octanol–water partition coefficient (Wildman–Crippen LogP) is 3.32. The largest absolute Gasteiger partial charge is 0.444 e. The van der Waals surface area contributed by atoms with Crippen molar-refractivity contribution in [3.63, 3.8) is 0 Å². The van der Waals surface area contributed by atoms with E-state index in [-0.39, 0.29) is 12.1 Å². The molecule has 0 radical (unpaired) electrons. The topological polar surface area (TPSA) is 77.4 Å². The summed E-state index contributed by atoms with van der Waals surface area (Å²) >= 11 is 0. The number of nitriles is 1. The molecule has 29 heavy (non-hydrogen) atoms. The number of ether oxygens (including phenoxy) is 1. The third kappa shape index (κ3) is 9.29. The summed E-state index contributed by atoms with van der Waals surface area (Å²) in [6, 6.07) is 9.65. The lowest BCUT2D eigenvalue weighted by molar-refractivity contribution is 0.0501. The van der Waals surface area contributed by atoms with Crippen LogP contribution in [0.2, 0.25) is 0 Å². The van der Waals surface area contributed by atoms with Crippen LogP contribution in [0.5, 0.6) is 0 Å². The number of nitrogens with zero attached hydrogens (tertiary/aromatic N) is 2. The molecular formula is C23H36N4O2. The zero-order valence-corrected chi connectivity index (χ0v) is 18.3. The SMILES string of the molecule is CN1CCC(CNCC[C@@H](Cc2ccc(C#N)cc2)NC(=O)OC(C)(C)C)CC1. The number of carbonyl (C=O) groups is 1. The molecule has 1 amide bonds. The summed E-state index contributed by atoms with van der Waals surface area (Å²) in [6.07, 6.45) is 3.64. The van der Waals surface area contributed by atoms with Crippen molar-refractivity contribution in [2.75, 3.05) is 33.2 Å². The molecule has 1 aromatic rings. The minimum absolute atomic E-state index is 0.0252. The number of carbonyl (C=O) groups excluding carboxylic acids is 1. The maximum absolute atomic E-state index is 12.3. The second kappa shape index (κ2) is 11.2. The van der Waals surface area contributed by atoms with E-state index in [0.29, 0.717) is 12.0 Å². The fourth-order valence-corrected chi connectivity index (χ4v) is 3.55. The fourth-order valence-electron chi connectivity index (χ4n) is 3.55. The first-order valence-electron chi connectivity index (χ1n) is 10.6. The Morgan fingerprint density at radius 1 is 1.28 bits per heavy atom. The molecule has 2 N–H and O–H groups in total. The summed E-state index contributed by atoms with van der Waals surface area (Å²) in [5.41, 5.74) is 1.22. The first kappa shape index (κ1) is 23.2. The molecule has 0 aliphatic carbocycles. The van der Waals surface area contributed by atoms with Gasteiger partial charge in [-0.25, -0.2) is 4.79 Å². The number of likely N-dealkylation sites (tertiary alicyclic amines) is 1. The van der Waals surface area contributed by atoms with Gasteiger partial charge in [0.2, 0.25) is 0 Å². The van der Waals surface area contributed by atoms with Gasteiger partial charge in [-0.3, -0.25) is 0 Å². The van der Waals surface area contributed by atoms with Crippen LogP contribution in [0.3, 0.4) is 0 Å². The first-order valence-corrected chi connectivity index (χ1v) is 10.6. The van der Waals surface area contributed by atoms with Gasteiger partial charge in [0.1, 0.15) is 5.60 Å². The molecule has 1 aliphatic rings. The highest BCUT2D eigenvalue weighted by Crippen LogP contribution is 2.15. The summed E-state index contributed by atoms with van der Waals surface area (Å²) in [5, 5.41) is 15.6. The maximum Gasteiger partial charge on any atom is 0.407 e. The Morgan fingerprint density at radius 2 is 1.93 bits per heavy atom. The highest BCUT2D eigenvalue weighted by atomic mass is 16.6. The van der Waals surface area contributed by atoms with Crippen molar-refractivity contribution in [2.45, 2.75) is 58.1 Å². The average Bonchev–Trinajstić information content (AvgIpc) is 2.65. The Hall–Kier alpha value is -2.10. The van der Waals surface area contributed by atoms with Crippen LogP contribution < -0.4 is 10.6 Å². The minimum Gasteiger partial charge on any atom is -0.444 e. The number of hydrogen-bond donors (Lipinski definition) is 2. The van der Waals surface area contributed by atoms with E-state index in [2.05, 4.69) is 28.7 Å². The molecule has 0 spiro atoms. The predicted molar refractivity (Wildman–Crippen MR) is 116 cm³/mol. The zero-order chi connectivity index (χ0) is 21.3. The molecule has 6 nitrogen and oxygen atoms in total. The number of amides is 1. The van der Waals surface area contributed by atoms with Gasteiger partial charge < -0.3 is 20.3 Å². The molecule has 0 unspecified atom stereocenters. The van der Waals surface area contributed by atoms with Gasteiger partial charge in [0.25, 0.3) is 0 Å². The van der Waals surface area contributed by atoms with Gasteiger partial charge in [-0.2, -0.15) is 5.26 Å². The Morgan fingerprint density at radius 3 is 2.52 bits per heavy atom. The minimum atomic E-state index is -0.518. The molecule has 1 aliphatic heterocycles. The quantitative estimate of drug-likeness (QED) is 0.655. The molecule has 0 saturated carbocycles. The molecule has 160 valence electrons. The van der Waals surface area contributed by atoms with Gasteiger partial charge in [0, 0.05) is 6.04 Å². The first-order chi connectivity index (χ1) is 13.7. The van der Waals surface area contributed by atoms with Crippen molar-refractivity contribution in [3.8, 4) is 6.07 Å². The van der Waals surface area contributed by atoms with E-state index in [4.69, 9.17) is 10.00 Å². The standard InChI is InChI=1S/C23H36N4O2/c1-23(2,3)29-22(28)26-21(15-18-5-7-19(16-24)8-6-18)9-12-25-17-20-10-13-27(4)14-11-20/h5-8,20-21,25H,9-15,17H2,1-4H3,(H,26,28)/t21-/m0/s1. The molecule has 1 aromatic carbocycles. The fraction of sp³-hybridized carbons (Fsp3) is 0.652. The van der Waals surface area contributed by atoms with Crippen molar-refractivity contribution < 1.29 is 9.53 Å². The van der Waals surface area contributed by atoms with Crippen molar-refractivity contribution in [3.05, 3.63) is 35.4 Å². The number of rotatable bonds is 8. The molecule has 1 heterocycles. The highest BCUT2D eigenvalue weighted by molar-refractivity contribution is 5.68. The van der Waals surface area contributed by atoms with E-state index >= 15 is 0 Å². The van der Waals surface area contributed by atoms with Crippen LogP contribution in [0.4, 0.5) is 4.79 Å². The lowest BCUT2D eigenvalue weighted by atomic mass is 9.97. The van der Waals surface area contributed by atoms with Crippen LogP contribution in [-0.4, -0.2) is 55.9 Å². The smallest absolute Gasteiger partial charge is 0.407 e. The van der Waals surface area contributed by atoms with E-state index in [1.807, 2.05) is 45.0 Å². The Balaban J connectivity index is 1.85. The normalized spacial score (nSPS) is 16.8. The van der Waals surface area contributed by atoms with E-state index in [1.54, 1.807) is 0 Å². The average molecular weight is 401 g/mol. The van der Waals surface area contributed by atoms with Crippen LogP contribution in [0.15, 0.2) is 24.3 Å². The van der Waals surface area contributed by atoms with Crippen molar-refractivity contribution in [1.82, 2.24) is 15.5 Å². The summed E-state index contributed by atoms with van der Waals surface area (Å²) in [4.78, 5) is 14.7. The zero-order valence-electron chi connectivity index (χ0n) is 18.3. The monoisotopic (exact) mass is 400 g/mol. The molecular weight excluding hydrogens is 364 g/mol. The summed E-state index contributed by atoms with van der Waals surface area (Å²) < 4.78 is 5.44. The van der Waals surface area contributed by atoms with Gasteiger partial charge in [-0.1, -0.05) is 12.1 Å². The number of alkyl carbamates (subject to hydrolysis) is 1. The van der Waals surface area contributed by atoms with Gasteiger partial charge in [-0.05, 0) is 103 Å². The molecule has 1 atom stereocenters. The van der Waals surface area contributed by atoms with Crippen LogP contribution >= 0.6 is 0 Å². The van der Waals surface area contributed by atoms with Crippen LogP contribution in [0.25, 0.3) is 0 Å². The Bertz CT molecular complexity index is 668. The van der Waals surface area contributed by atoms with Gasteiger partial charge in [0.05, 0.1) is 11.6 Å². The Kier molecular flexibility index (Phi) is 8.94. The Labute approximate surface area is 175 Å². The highest BCUT2D eigenvalue weighted by Gasteiger charge is 2.20. The van der Waals surface area contributed by atoms with Crippen LogP contribution in [0.1, 0.15) is 51.2 Å². The summed E-state index contributed by atoms with van der Waals surface area (Å²) in [6.45, 7) is 9.83. The van der Waals surface area contributed by atoms with Gasteiger partial charge in [0.15, 0.2) is 0 Å². The second-order valence-electron chi connectivity index (χ2n) is 9.10. The van der Waals surface area contributed by atoms with Crippen molar-refractivity contribution in [2.24, 2.45) is 5.92 Å². The molecule has 1 saturated heterocycles. The van der Waals surface area contributed by atoms with Crippen LogP contribution in [-0.2, 0) is 11.2 Å². The van der Waals surface area contributed by atoms with E-state index in [9.17, 15) is 4.79 Å². The third-order valence-electron chi connectivity index (χ3n) is 5.23. The molecule has 2 rings (SSSR count). The molecule has 0 aromatic heterocycles. The summed E-state index contributed by atoms with van der Waals surface area (Å²) in [7, 11) is 2.18. The molecule has 6 heteroatoms. The lowest BCUT2D eigenvalue weighted by Crippen LogP contribution is -2.42. The number of benzene rings is 1. The number of hydrogen-bond acceptors (Lipinski definition) is 5. The second-order valence-corrected chi connectivity index (χ2v) is 9.10. The third-order valence-corrected chi connectivity index (χ3v) is 5.23. The van der Waals surface area contributed by atoms with E-state index in [1.165, 1.54) is 25.9 Å². The maximum atomic E-state index is 12.3. The van der Waals surface area contributed by atoms with Gasteiger partial charge in [-0.15, -0.1) is 0 Å². The van der Waals surface area contributed by atoms with E-state index in [0.717, 1.165) is 31.0 Å². The van der Waals surface area contributed by atoms with E-state index < -0.39 is 5.60 Å². The summed E-state index contributed by atoms with van der Waals surface area (Å²) in [5.74, 6) is 0.738. The number of piperidine rings is 1. The van der Waals surface area contributed by atoms with Crippen LogP contribution in [0, 0.1) is 17.2 Å². The van der Waals surface area contributed by atoms with Crippen molar-refractivity contribution in [1.29, 1.82) is 5.26 Å². The molecule has 0 bridgehead atoms.